The Hall–Kier alpha value is -0.710. The zero-order valence-electron chi connectivity index (χ0n) is 10.5. The summed E-state index contributed by atoms with van der Waals surface area (Å²) >= 11 is 3.35. The van der Waals surface area contributed by atoms with E-state index in [0.717, 1.165) is 36.6 Å². The summed E-state index contributed by atoms with van der Waals surface area (Å²) in [6, 6.07) is 4.80. The van der Waals surface area contributed by atoms with Crippen LogP contribution in [0.15, 0.2) is 35.3 Å². The van der Waals surface area contributed by atoms with Gasteiger partial charge in [-0.2, -0.15) is 0 Å². The Balaban J connectivity index is 2.54. The van der Waals surface area contributed by atoms with Crippen LogP contribution in [0.2, 0.25) is 0 Å². The van der Waals surface area contributed by atoms with Gasteiger partial charge >= 0.3 is 0 Å². The van der Waals surface area contributed by atoms with Gasteiger partial charge in [-0.15, -0.1) is 6.58 Å². The van der Waals surface area contributed by atoms with Crippen molar-refractivity contribution < 1.29 is 4.39 Å². The largest absolute Gasteiger partial charge is 0.271 e. The van der Waals surface area contributed by atoms with Crippen LogP contribution in [0.25, 0.3) is 0 Å². The highest BCUT2D eigenvalue weighted by atomic mass is 79.9. The molecule has 2 nitrogen and oxygen atoms in total. The van der Waals surface area contributed by atoms with Crippen molar-refractivity contribution in [3.63, 3.8) is 0 Å². The molecule has 0 amide bonds. The lowest BCUT2D eigenvalue weighted by Gasteiger charge is -2.17. The molecule has 0 fully saturated rings. The highest BCUT2D eigenvalue weighted by Gasteiger charge is 2.14. The summed E-state index contributed by atoms with van der Waals surface area (Å²) in [5, 5.41) is 0. The smallest absolute Gasteiger partial charge is 0.128 e. The molecule has 0 aromatic heterocycles. The summed E-state index contributed by atoms with van der Waals surface area (Å²) < 4.78 is 14.6. The Bertz CT molecular complexity index is 382. The molecule has 100 valence electrons. The van der Waals surface area contributed by atoms with Crippen LogP contribution >= 0.6 is 15.9 Å². The van der Waals surface area contributed by atoms with Gasteiger partial charge in [0.1, 0.15) is 5.82 Å². The molecule has 0 aliphatic rings. The maximum atomic E-state index is 13.7. The minimum absolute atomic E-state index is 0.133. The zero-order valence-corrected chi connectivity index (χ0v) is 12.0. The van der Waals surface area contributed by atoms with Crippen molar-refractivity contribution in [1.29, 1.82) is 0 Å². The monoisotopic (exact) mass is 314 g/mol. The van der Waals surface area contributed by atoms with Gasteiger partial charge in [-0.1, -0.05) is 34.8 Å². The van der Waals surface area contributed by atoms with Gasteiger partial charge in [0.2, 0.25) is 0 Å². The lowest BCUT2D eigenvalue weighted by atomic mass is 10.00. The maximum Gasteiger partial charge on any atom is 0.128 e. The first kappa shape index (κ1) is 15.3. The number of nitrogens with two attached hydrogens (primary N) is 1. The molecule has 1 aromatic rings. The van der Waals surface area contributed by atoms with Crippen LogP contribution in [0.4, 0.5) is 4.39 Å². The fourth-order valence-electron chi connectivity index (χ4n) is 1.92. The standard InChI is InChI=1S/C14H20BrFN2/c1-2-3-4-5-6-7-14(18-17)12-10-11(15)8-9-13(12)16/h2,8-10,14,18H,1,3-7,17H2. The lowest BCUT2D eigenvalue weighted by Crippen LogP contribution is -2.28. The summed E-state index contributed by atoms with van der Waals surface area (Å²) in [6.07, 6.45) is 7.05. The summed E-state index contributed by atoms with van der Waals surface area (Å²) in [4.78, 5) is 0. The summed E-state index contributed by atoms with van der Waals surface area (Å²) in [6.45, 7) is 3.69. The molecule has 3 N–H and O–H groups in total. The number of unbranched alkanes of at least 4 members (excludes halogenated alkanes) is 3. The van der Waals surface area contributed by atoms with Gasteiger partial charge in [0, 0.05) is 16.1 Å². The van der Waals surface area contributed by atoms with Gasteiger partial charge in [-0.3, -0.25) is 11.3 Å². The van der Waals surface area contributed by atoms with E-state index in [4.69, 9.17) is 5.84 Å². The fourth-order valence-corrected chi connectivity index (χ4v) is 2.30. The molecule has 1 unspecified atom stereocenters. The van der Waals surface area contributed by atoms with Crippen molar-refractivity contribution in [2.45, 2.75) is 38.1 Å². The molecule has 1 atom stereocenters. The first-order chi connectivity index (χ1) is 8.69. The van der Waals surface area contributed by atoms with Crippen LogP contribution in [-0.2, 0) is 0 Å². The third-order valence-corrected chi connectivity index (χ3v) is 3.43. The number of hydrazine groups is 1. The van der Waals surface area contributed by atoms with Crippen LogP contribution in [0.5, 0.6) is 0 Å². The van der Waals surface area contributed by atoms with Crippen molar-refractivity contribution in [2.24, 2.45) is 5.84 Å². The van der Waals surface area contributed by atoms with Crippen LogP contribution < -0.4 is 11.3 Å². The predicted molar refractivity (Wildman–Crippen MR) is 77.4 cm³/mol. The molecule has 1 aromatic carbocycles. The predicted octanol–water partition coefficient (Wildman–Crippen LogP) is 4.23. The first-order valence-corrected chi connectivity index (χ1v) is 7.00. The van der Waals surface area contributed by atoms with E-state index >= 15 is 0 Å². The van der Waals surface area contributed by atoms with E-state index in [2.05, 4.69) is 27.9 Å². The Morgan fingerprint density at radius 1 is 1.39 bits per heavy atom. The van der Waals surface area contributed by atoms with Crippen LogP contribution in [-0.4, -0.2) is 0 Å². The van der Waals surface area contributed by atoms with Crippen LogP contribution in [0, 0.1) is 5.82 Å². The average Bonchev–Trinajstić information content (AvgIpc) is 2.37. The minimum Gasteiger partial charge on any atom is -0.271 e. The van der Waals surface area contributed by atoms with Crippen molar-refractivity contribution in [3.8, 4) is 0 Å². The average molecular weight is 315 g/mol. The number of halogens is 2. The Labute approximate surface area is 117 Å². The van der Waals surface area contributed by atoms with Crippen LogP contribution in [0.3, 0.4) is 0 Å². The van der Waals surface area contributed by atoms with Gasteiger partial charge in [0.05, 0.1) is 0 Å². The second-order valence-corrected chi connectivity index (χ2v) is 5.23. The maximum absolute atomic E-state index is 13.7. The fraction of sp³-hybridized carbons (Fsp3) is 0.429. The number of benzene rings is 1. The van der Waals surface area contributed by atoms with Gasteiger partial charge in [0.15, 0.2) is 0 Å². The van der Waals surface area contributed by atoms with Gasteiger partial charge < -0.3 is 0 Å². The van der Waals surface area contributed by atoms with Crippen molar-refractivity contribution in [3.05, 3.63) is 46.7 Å². The van der Waals surface area contributed by atoms with E-state index in [1.807, 2.05) is 6.08 Å². The summed E-state index contributed by atoms with van der Waals surface area (Å²) in [5.41, 5.74) is 3.32. The molecule has 0 spiro atoms. The summed E-state index contributed by atoms with van der Waals surface area (Å²) in [7, 11) is 0. The third kappa shape index (κ3) is 4.88. The number of allylic oxidation sites excluding steroid dienone is 1. The molecule has 0 saturated heterocycles. The zero-order chi connectivity index (χ0) is 13.4. The van der Waals surface area contributed by atoms with E-state index < -0.39 is 0 Å². The molecule has 0 aliphatic heterocycles. The first-order valence-electron chi connectivity index (χ1n) is 6.21. The van der Waals surface area contributed by atoms with E-state index in [9.17, 15) is 4.39 Å². The SMILES string of the molecule is C=CCCCCCC(NN)c1cc(Br)ccc1F. The summed E-state index contributed by atoms with van der Waals surface area (Å²) in [5.74, 6) is 5.30. The molecular formula is C14H20BrFN2. The molecule has 0 saturated carbocycles. The quantitative estimate of drug-likeness (QED) is 0.326. The number of hydrogen-bond acceptors (Lipinski definition) is 2. The van der Waals surface area contributed by atoms with Gasteiger partial charge in [-0.05, 0) is 37.5 Å². The molecular weight excluding hydrogens is 295 g/mol. The Morgan fingerprint density at radius 2 is 2.17 bits per heavy atom. The van der Waals surface area contributed by atoms with E-state index in [1.165, 1.54) is 6.07 Å². The van der Waals surface area contributed by atoms with Gasteiger partial charge in [0.25, 0.3) is 0 Å². The topological polar surface area (TPSA) is 38.0 Å². The third-order valence-electron chi connectivity index (χ3n) is 2.94. The molecule has 0 radical (unpaired) electrons. The lowest BCUT2D eigenvalue weighted by molar-refractivity contribution is 0.462. The molecule has 18 heavy (non-hydrogen) atoms. The van der Waals surface area contributed by atoms with E-state index in [0.29, 0.717) is 5.56 Å². The highest BCUT2D eigenvalue weighted by molar-refractivity contribution is 9.10. The minimum atomic E-state index is -0.216. The Kier molecular flexibility index (Phi) is 7.16. The van der Waals surface area contributed by atoms with Crippen molar-refractivity contribution >= 4 is 15.9 Å². The van der Waals surface area contributed by atoms with Crippen molar-refractivity contribution in [2.75, 3.05) is 0 Å². The second kappa shape index (κ2) is 8.40. The van der Waals surface area contributed by atoms with E-state index in [1.54, 1.807) is 12.1 Å². The second-order valence-electron chi connectivity index (χ2n) is 4.31. The van der Waals surface area contributed by atoms with Crippen molar-refractivity contribution in [1.82, 2.24) is 5.43 Å². The normalized spacial score (nSPS) is 12.4. The molecule has 4 heteroatoms. The van der Waals surface area contributed by atoms with E-state index in [-0.39, 0.29) is 11.9 Å². The molecule has 0 aliphatic carbocycles. The Morgan fingerprint density at radius 3 is 2.83 bits per heavy atom. The van der Waals surface area contributed by atoms with Crippen LogP contribution in [0.1, 0.15) is 43.7 Å². The highest BCUT2D eigenvalue weighted by Crippen LogP contribution is 2.25. The number of hydrogen-bond donors (Lipinski definition) is 2. The van der Waals surface area contributed by atoms with Gasteiger partial charge in [-0.25, -0.2) is 4.39 Å². The molecule has 1 rings (SSSR count). The molecule has 0 bridgehead atoms. The molecule has 0 heterocycles. The number of rotatable bonds is 8. The number of nitrogens with one attached hydrogen (secondary N) is 1.